The molecule has 0 heterocycles. The molecular formula is C9H7Cl2N. The minimum Gasteiger partial charge on any atom is -0.309 e. The minimum absolute atomic E-state index is 0.226. The van der Waals surface area contributed by atoms with Gasteiger partial charge in [-0.05, 0) is 18.2 Å². The number of nitrogens with zero attached hydrogens (tertiary/aromatic N) is 1. The Hall–Kier alpha value is -0.710. The minimum atomic E-state index is -0.226. The highest BCUT2D eigenvalue weighted by atomic mass is 35.5. The molecule has 0 saturated carbocycles. The van der Waals surface area contributed by atoms with Crippen molar-refractivity contribution in [2.75, 3.05) is 0 Å². The quantitative estimate of drug-likeness (QED) is 0.604. The van der Waals surface area contributed by atoms with Gasteiger partial charge in [0, 0.05) is 11.9 Å². The Kier molecular flexibility index (Phi) is 2.97. The maximum Gasteiger partial charge on any atom is 0.247 e. The van der Waals surface area contributed by atoms with Crippen molar-refractivity contribution in [1.29, 1.82) is 0 Å². The molecule has 0 aromatic heterocycles. The van der Waals surface area contributed by atoms with Crippen LogP contribution in [-0.4, -0.2) is 0 Å². The molecule has 1 unspecified atom stereocenters. The molecule has 0 fully saturated rings. The molecule has 0 amide bonds. The van der Waals surface area contributed by atoms with E-state index >= 15 is 0 Å². The van der Waals surface area contributed by atoms with Gasteiger partial charge >= 0.3 is 0 Å². The molecule has 62 valence electrons. The Labute approximate surface area is 81.7 Å². The van der Waals surface area contributed by atoms with Crippen LogP contribution < -0.4 is 0 Å². The molecule has 0 aliphatic heterocycles. The van der Waals surface area contributed by atoms with Gasteiger partial charge in [0.05, 0.1) is 10.6 Å². The van der Waals surface area contributed by atoms with Gasteiger partial charge in [0.2, 0.25) is 6.04 Å². The summed E-state index contributed by atoms with van der Waals surface area (Å²) in [5.41, 5.74) is 0.791. The second-order valence-corrected chi connectivity index (χ2v) is 3.31. The van der Waals surface area contributed by atoms with Gasteiger partial charge in [-0.15, -0.1) is 0 Å². The van der Waals surface area contributed by atoms with Crippen molar-refractivity contribution in [1.82, 2.24) is 0 Å². The van der Waals surface area contributed by atoms with Crippen LogP contribution in [0.2, 0.25) is 10.0 Å². The Bertz CT molecular complexity index is 328. The summed E-state index contributed by atoms with van der Waals surface area (Å²) in [5, 5.41) is 1.22. The van der Waals surface area contributed by atoms with Gasteiger partial charge in [-0.2, -0.15) is 0 Å². The smallest absolute Gasteiger partial charge is 0.247 e. The molecule has 12 heavy (non-hydrogen) atoms. The first-order chi connectivity index (χ1) is 5.65. The van der Waals surface area contributed by atoms with Crippen LogP contribution in [-0.2, 0) is 0 Å². The Morgan fingerprint density at radius 2 is 2.08 bits per heavy atom. The maximum atomic E-state index is 6.84. The van der Waals surface area contributed by atoms with E-state index in [1.54, 1.807) is 25.1 Å². The van der Waals surface area contributed by atoms with E-state index in [4.69, 9.17) is 29.8 Å². The average molecular weight is 200 g/mol. The highest BCUT2D eigenvalue weighted by Gasteiger charge is 2.12. The van der Waals surface area contributed by atoms with Crippen molar-refractivity contribution >= 4 is 23.2 Å². The van der Waals surface area contributed by atoms with Crippen LogP contribution in [0.4, 0.5) is 0 Å². The Balaban J connectivity index is 3.15. The van der Waals surface area contributed by atoms with Crippen LogP contribution in [0.5, 0.6) is 0 Å². The Morgan fingerprint density at radius 3 is 2.67 bits per heavy atom. The monoisotopic (exact) mass is 199 g/mol. The summed E-state index contributed by atoms with van der Waals surface area (Å²) in [6, 6.07) is 4.92. The summed E-state index contributed by atoms with van der Waals surface area (Å²) < 4.78 is 0. The van der Waals surface area contributed by atoms with Crippen LogP contribution >= 0.6 is 23.2 Å². The summed E-state index contributed by atoms with van der Waals surface area (Å²) in [5.74, 6) is 0. The van der Waals surface area contributed by atoms with Gasteiger partial charge < -0.3 is 4.85 Å². The van der Waals surface area contributed by atoms with Crippen LogP contribution in [0.25, 0.3) is 4.85 Å². The highest BCUT2D eigenvalue weighted by molar-refractivity contribution is 6.33. The van der Waals surface area contributed by atoms with Crippen LogP contribution in [0.3, 0.4) is 0 Å². The van der Waals surface area contributed by atoms with Gasteiger partial charge in [0.25, 0.3) is 0 Å². The van der Waals surface area contributed by atoms with Crippen LogP contribution in [0.15, 0.2) is 18.2 Å². The third-order valence-corrected chi connectivity index (χ3v) is 2.18. The summed E-state index contributed by atoms with van der Waals surface area (Å²) in [6.07, 6.45) is 0. The van der Waals surface area contributed by atoms with Crippen molar-refractivity contribution in [2.24, 2.45) is 0 Å². The van der Waals surface area contributed by atoms with Crippen molar-refractivity contribution < 1.29 is 0 Å². The van der Waals surface area contributed by atoms with E-state index in [9.17, 15) is 0 Å². The third kappa shape index (κ3) is 1.91. The molecular weight excluding hydrogens is 193 g/mol. The number of rotatable bonds is 1. The molecule has 1 rings (SSSR count). The highest BCUT2D eigenvalue weighted by Crippen LogP contribution is 2.27. The third-order valence-electron chi connectivity index (χ3n) is 1.60. The lowest BCUT2D eigenvalue weighted by Crippen LogP contribution is -1.87. The van der Waals surface area contributed by atoms with E-state index in [2.05, 4.69) is 4.85 Å². The first-order valence-corrected chi connectivity index (χ1v) is 4.22. The van der Waals surface area contributed by atoms with E-state index in [1.165, 1.54) is 0 Å². The van der Waals surface area contributed by atoms with Crippen molar-refractivity contribution in [3.63, 3.8) is 0 Å². The second kappa shape index (κ2) is 3.80. The fraction of sp³-hybridized carbons (Fsp3) is 0.222. The predicted molar refractivity (Wildman–Crippen MR) is 51.5 cm³/mol. The molecule has 0 aliphatic carbocycles. The standard InChI is InChI=1S/C9H7Cl2N/c1-6(12-2)8-5-7(10)3-4-9(8)11/h3-6H,1H3. The molecule has 0 spiro atoms. The predicted octanol–water partition coefficient (Wildman–Crippen LogP) is 3.97. The molecule has 1 aromatic rings. The maximum absolute atomic E-state index is 6.84. The molecule has 3 heteroatoms. The zero-order chi connectivity index (χ0) is 9.14. The van der Waals surface area contributed by atoms with E-state index < -0.39 is 0 Å². The van der Waals surface area contributed by atoms with E-state index in [-0.39, 0.29) is 6.04 Å². The zero-order valence-electron chi connectivity index (χ0n) is 6.51. The first-order valence-electron chi connectivity index (χ1n) is 3.46. The van der Waals surface area contributed by atoms with Gasteiger partial charge in [0.1, 0.15) is 0 Å². The lowest BCUT2D eigenvalue weighted by atomic mass is 10.1. The lowest BCUT2D eigenvalue weighted by molar-refractivity contribution is 0.962. The largest absolute Gasteiger partial charge is 0.309 e. The van der Waals surface area contributed by atoms with Crippen LogP contribution in [0, 0.1) is 6.57 Å². The SMILES string of the molecule is [C-]#[N+]C(C)c1cc(Cl)ccc1Cl. The van der Waals surface area contributed by atoms with Gasteiger partial charge in [-0.3, -0.25) is 0 Å². The van der Waals surface area contributed by atoms with Crippen LogP contribution in [0.1, 0.15) is 18.5 Å². The molecule has 0 radical (unpaired) electrons. The zero-order valence-corrected chi connectivity index (χ0v) is 8.02. The summed E-state index contributed by atoms with van der Waals surface area (Å²) in [7, 11) is 0. The number of benzene rings is 1. The van der Waals surface area contributed by atoms with Gasteiger partial charge in [0.15, 0.2) is 0 Å². The fourth-order valence-corrected chi connectivity index (χ4v) is 1.36. The molecule has 0 bridgehead atoms. The number of hydrogen-bond donors (Lipinski definition) is 0. The van der Waals surface area contributed by atoms with Crippen molar-refractivity contribution in [3.8, 4) is 0 Å². The average Bonchev–Trinajstić information content (AvgIpc) is 2.08. The number of halogens is 2. The van der Waals surface area contributed by atoms with Gasteiger partial charge in [-0.25, -0.2) is 6.57 Å². The van der Waals surface area contributed by atoms with E-state index in [1.807, 2.05) is 0 Å². The summed E-state index contributed by atoms with van der Waals surface area (Å²) >= 11 is 11.6. The molecule has 1 nitrogen and oxygen atoms in total. The normalized spacial score (nSPS) is 12.2. The molecule has 1 atom stereocenters. The molecule has 0 saturated heterocycles. The molecule has 1 aromatic carbocycles. The lowest BCUT2D eigenvalue weighted by Gasteiger charge is -2.02. The van der Waals surface area contributed by atoms with E-state index in [0.29, 0.717) is 10.0 Å². The topological polar surface area (TPSA) is 4.36 Å². The second-order valence-electron chi connectivity index (χ2n) is 2.47. The number of hydrogen-bond acceptors (Lipinski definition) is 0. The van der Waals surface area contributed by atoms with Crippen molar-refractivity contribution in [3.05, 3.63) is 45.2 Å². The van der Waals surface area contributed by atoms with E-state index in [0.717, 1.165) is 5.56 Å². The van der Waals surface area contributed by atoms with Crippen molar-refractivity contribution in [2.45, 2.75) is 13.0 Å². The Morgan fingerprint density at radius 1 is 1.42 bits per heavy atom. The summed E-state index contributed by atoms with van der Waals surface area (Å²) in [4.78, 5) is 3.37. The molecule has 0 aliphatic rings. The molecule has 0 N–H and O–H groups in total. The first kappa shape index (κ1) is 9.38. The van der Waals surface area contributed by atoms with Gasteiger partial charge in [-0.1, -0.05) is 23.2 Å². The summed E-state index contributed by atoms with van der Waals surface area (Å²) in [6.45, 7) is 8.63. The fourth-order valence-electron chi connectivity index (χ4n) is 0.904.